The molecule has 0 saturated heterocycles. The second-order valence-electron chi connectivity index (χ2n) is 4.10. The number of amides is 1. The first-order valence-corrected chi connectivity index (χ1v) is 6.79. The molecule has 0 heterocycles. The second kappa shape index (κ2) is 6.83. The zero-order valence-corrected chi connectivity index (χ0v) is 12.0. The van der Waals surface area contributed by atoms with Crippen molar-refractivity contribution in [3.63, 3.8) is 0 Å². The number of carbonyl (C=O) groups excluding carboxylic acids is 1. The van der Waals surface area contributed by atoms with Crippen molar-refractivity contribution in [3.05, 3.63) is 34.9 Å². The minimum Gasteiger partial charge on any atom is -0.332 e. The minimum atomic E-state index is -2.52. The first kappa shape index (κ1) is 15.1. The third kappa shape index (κ3) is 3.77. The predicted molar refractivity (Wildman–Crippen MR) is 71.6 cm³/mol. The maximum Gasteiger partial charge on any atom is 0.255 e. The number of aryl methyl sites for hydroxylation is 2. The Kier molecular flexibility index (Phi) is 5.72. The van der Waals surface area contributed by atoms with E-state index in [1.807, 2.05) is 32.0 Å². The molecule has 1 amide bonds. The van der Waals surface area contributed by atoms with Gasteiger partial charge in [-0.3, -0.25) is 4.79 Å². The third-order valence-corrected chi connectivity index (χ3v) is 3.05. The van der Waals surface area contributed by atoms with Crippen LogP contribution >= 0.6 is 15.9 Å². The monoisotopic (exact) mass is 319 g/mol. The molecule has 0 aromatic heterocycles. The van der Waals surface area contributed by atoms with Crippen molar-refractivity contribution in [1.29, 1.82) is 0 Å². The molecule has 0 atom stereocenters. The fourth-order valence-corrected chi connectivity index (χ4v) is 2.28. The molecule has 0 unspecified atom stereocenters. The van der Waals surface area contributed by atoms with E-state index < -0.39 is 13.0 Å². The highest BCUT2D eigenvalue weighted by Gasteiger charge is 2.21. The summed E-state index contributed by atoms with van der Waals surface area (Å²) < 4.78 is 25.0. The van der Waals surface area contributed by atoms with E-state index >= 15 is 0 Å². The van der Waals surface area contributed by atoms with Gasteiger partial charge in [-0.1, -0.05) is 34.1 Å². The van der Waals surface area contributed by atoms with Gasteiger partial charge in [-0.2, -0.15) is 0 Å². The average molecular weight is 320 g/mol. The van der Waals surface area contributed by atoms with Crippen molar-refractivity contribution in [2.24, 2.45) is 0 Å². The Labute approximate surface area is 114 Å². The summed E-state index contributed by atoms with van der Waals surface area (Å²) in [4.78, 5) is 13.5. The Morgan fingerprint density at radius 3 is 2.33 bits per heavy atom. The van der Waals surface area contributed by atoms with Crippen LogP contribution in [0.25, 0.3) is 0 Å². The van der Waals surface area contributed by atoms with Gasteiger partial charge in [0, 0.05) is 17.4 Å². The summed E-state index contributed by atoms with van der Waals surface area (Å²) in [5.41, 5.74) is 2.15. The highest BCUT2D eigenvalue weighted by Crippen LogP contribution is 2.16. The molecule has 0 radical (unpaired) electrons. The summed E-state index contributed by atoms with van der Waals surface area (Å²) in [6.45, 7) is 3.37. The molecule has 0 N–H and O–H groups in total. The molecule has 0 aliphatic heterocycles. The van der Waals surface area contributed by atoms with Gasteiger partial charge in [0.05, 0.1) is 6.54 Å². The molecule has 0 spiro atoms. The SMILES string of the molecule is Cc1cccc(C)c1C(=O)N(CCBr)CC(F)F. The van der Waals surface area contributed by atoms with Crippen molar-refractivity contribution in [2.45, 2.75) is 20.3 Å². The summed E-state index contributed by atoms with van der Waals surface area (Å²) >= 11 is 3.18. The molecule has 0 aliphatic rings. The van der Waals surface area contributed by atoms with Crippen LogP contribution in [0.3, 0.4) is 0 Å². The summed E-state index contributed by atoms with van der Waals surface area (Å²) in [6, 6.07) is 5.48. The van der Waals surface area contributed by atoms with Gasteiger partial charge in [0.25, 0.3) is 12.3 Å². The lowest BCUT2D eigenvalue weighted by molar-refractivity contribution is 0.0571. The molecule has 5 heteroatoms. The maximum atomic E-state index is 12.5. The van der Waals surface area contributed by atoms with Crippen molar-refractivity contribution < 1.29 is 13.6 Å². The van der Waals surface area contributed by atoms with Crippen LogP contribution in [-0.2, 0) is 0 Å². The van der Waals surface area contributed by atoms with Gasteiger partial charge in [0.2, 0.25) is 0 Å². The highest BCUT2D eigenvalue weighted by atomic mass is 79.9. The first-order valence-electron chi connectivity index (χ1n) is 5.67. The molecular formula is C13H16BrF2NO. The molecule has 18 heavy (non-hydrogen) atoms. The largest absolute Gasteiger partial charge is 0.332 e. The van der Waals surface area contributed by atoms with Crippen molar-refractivity contribution in [1.82, 2.24) is 4.90 Å². The fraction of sp³-hybridized carbons (Fsp3) is 0.462. The van der Waals surface area contributed by atoms with Crippen LogP contribution in [0.15, 0.2) is 18.2 Å². The molecular weight excluding hydrogens is 304 g/mol. The molecule has 0 fully saturated rings. The average Bonchev–Trinajstić information content (AvgIpc) is 2.27. The topological polar surface area (TPSA) is 20.3 Å². The number of hydrogen-bond acceptors (Lipinski definition) is 1. The predicted octanol–water partition coefficient (Wildman–Crippen LogP) is 3.41. The molecule has 100 valence electrons. The molecule has 0 bridgehead atoms. The summed E-state index contributed by atoms with van der Waals surface area (Å²) in [6.07, 6.45) is -2.52. The lowest BCUT2D eigenvalue weighted by Crippen LogP contribution is -2.37. The maximum absolute atomic E-state index is 12.5. The van der Waals surface area contributed by atoms with E-state index in [1.54, 1.807) is 0 Å². The van der Waals surface area contributed by atoms with E-state index in [0.29, 0.717) is 10.9 Å². The highest BCUT2D eigenvalue weighted by molar-refractivity contribution is 9.09. The van der Waals surface area contributed by atoms with Gasteiger partial charge in [0.15, 0.2) is 0 Å². The van der Waals surface area contributed by atoms with Crippen molar-refractivity contribution in [2.75, 3.05) is 18.4 Å². The van der Waals surface area contributed by atoms with Gasteiger partial charge in [-0.15, -0.1) is 0 Å². The van der Waals surface area contributed by atoms with E-state index in [-0.39, 0.29) is 12.5 Å². The van der Waals surface area contributed by atoms with E-state index in [9.17, 15) is 13.6 Å². The number of benzene rings is 1. The fourth-order valence-electron chi connectivity index (χ4n) is 1.85. The Morgan fingerprint density at radius 1 is 1.33 bits per heavy atom. The number of halogens is 3. The van der Waals surface area contributed by atoms with Crippen LogP contribution in [0.5, 0.6) is 0 Å². The van der Waals surface area contributed by atoms with Gasteiger partial charge < -0.3 is 4.90 Å². The van der Waals surface area contributed by atoms with Crippen molar-refractivity contribution in [3.8, 4) is 0 Å². The Morgan fingerprint density at radius 2 is 1.89 bits per heavy atom. The minimum absolute atomic E-state index is 0.275. The standard InChI is InChI=1S/C13H16BrF2NO/c1-9-4-3-5-10(2)12(9)13(18)17(7-6-14)8-11(15)16/h3-5,11H,6-8H2,1-2H3. The molecule has 0 aliphatic carbocycles. The van der Waals surface area contributed by atoms with Crippen LogP contribution in [0.1, 0.15) is 21.5 Å². The first-order chi connectivity index (χ1) is 8.47. The zero-order chi connectivity index (χ0) is 13.7. The Balaban J connectivity index is 3.01. The summed E-state index contributed by atoms with van der Waals surface area (Å²) in [5, 5.41) is 0.483. The Hall–Kier alpha value is -0.970. The summed E-state index contributed by atoms with van der Waals surface area (Å²) in [7, 11) is 0. The number of alkyl halides is 3. The number of hydrogen-bond donors (Lipinski definition) is 0. The summed E-state index contributed by atoms with van der Waals surface area (Å²) in [5.74, 6) is -0.328. The normalized spacial score (nSPS) is 10.8. The van der Waals surface area contributed by atoms with Crippen LogP contribution in [0, 0.1) is 13.8 Å². The van der Waals surface area contributed by atoms with Crippen LogP contribution < -0.4 is 0 Å². The van der Waals surface area contributed by atoms with E-state index in [2.05, 4.69) is 15.9 Å². The van der Waals surface area contributed by atoms with Gasteiger partial charge in [-0.05, 0) is 25.0 Å². The number of rotatable bonds is 5. The zero-order valence-electron chi connectivity index (χ0n) is 10.4. The number of carbonyl (C=O) groups is 1. The lowest BCUT2D eigenvalue weighted by Gasteiger charge is -2.23. The molecule has 2 nitrogen and oxygen atoms in total. The van der Waals surface area contributed by atoms with Gasteiger partial charge >= 0.3 is 0 Å². The van der Waals surface area contributed by atoms with Crippen LogP contribution in [-0.4, -0.2) is 35.7 Å². The lowest BCUT2D eigenvalue weighted by atomic mass is 10.0. The molecule has 0 saturated carbocycles. The van der Waals surface area contributed by atoms with Crippen LogP contribution in [0.2, 0.25) is 0 Å². The Bertz CT molecular complexity index is 403. The van der Waals surface area contributed by atoms with E-state index in [4.69, 9.17) is 0 Å². The smallest absolute Gasteiger partial charge is 0.255 e. The molecule has 1 aromatic rings. The third-order valence-electron chi connectivity index (χ3n) is 2.70. The van der Waals surface area contributed by atoms with Crippen molar-refractivity contribution >= 4 is 21.8 Å². The quantitative estimate of drug-likeness (QED) is 0.762. The number of nitrogens with zero attached hydrogens (tertiary/aromatic N) is 1. The van der Waals surface area contributed by atoms with Gasteiger partial charge in [0.1, 0.15) is 0 Å². The van der Waals surface area contributed by atoms with E-state index in [1.165, 1.54) is 4.90 Å². The molecule has 1 rings (SSSR count). The van der Waals surface area contributed by atoms with E-state index in [0.717, 1.165) is 11.1 Å². The van der Waals surface area contributed by atoms with Gasteiger partial charge in [-0.25, -0.2) is 8.78 Å². The van der Waals surface area contributed by atoms with Crippen LogP contribution in [0.4, 0.5) is 8.78 Å². The second-order valence-corrected chi connectivity index (χ2v) is 4.89. The molecule has 1 aromatic carbocycles.